The highest BCUT2D eigenvalue weighted by Crippen LogP contribution is 2.20. The van der Waals surface area contributed by atoms with Crippen LogP contribution < -0.4 is 5.32 Å². The lowest BCUT2D eigenvalue weighted by atomic mass is 10.1. The third kappa shape index (κ3) is 5.77. The number of benzene rings is 2. The molecule has 2 aromatic carbocycles. The Morgan fingerprint density at radius 1 is 1.03 bits per heavy atom. The monoisotopic (exact) mass is 447 g/mol. The topological polar surface area (TPSA) is 91.6 Å². The van der Waals surface area contributed by atoms with E-state index in [1.54, 1.807) is 24.1 Å². The zero-order valence-electron chi connectivity index (χ0n) is 19.1. The lowest BCUT2D eigenvalue weighted by Crippen LogP contribution is -2.35. The second kappa shape index (κ2) is 10.3. The summed E-state index contributed by atoms with van der Waals surface area (Å²) in [6.07, 6.45) is 3.79. The lowest BCUT2D eigenvalue weighted by Gasteiger charge is -2.26. The van der Waals surface area contributed by atoms with E-state index < -0.39 is 0 Å². The molecule has 1 saturated heterocycles. The first-order valence-electron chi connectivity index (χ1n) is 11.3. The maximum Gasteiger partial charge on any atom is 0.321 e. The highest BCUT2D eigenvalue weighted by molar-refractivity contribution is 5.94. The number of rotatable bonds is 6. The Balaban J connectivity index is 1.30. The normalized spacial score (nSPS) is 13.6. The molecule has 3 amide bonds. The molecule has 1 N–H and O–H groups in total. The summed E-state index contributed by atoms with van der Waals surface area (Å²) in [6.45, 7) is 4.09. The predicted molar refractivity (Wildman–Crippen MR) is 126 cm³/mol. The fourth-order valence-electron chi connectivity index (χ4n) is 3.73. The summed E-state index contributed by atoms with van der Waals surface area (Å²) in [7, 11) is 1.72. The molecule has 0 saturated carbocycles. The number of amides is 3. The lowest BCUT2D eigenvalue weighted by molar-refractivity contribution is 0.0724. The molecule has 0 radical (unpaired) electrons. The van der Waals surface area contributed by atoms with E-state index in [1.807, 2.05) is 48.2 Å². The first kappa shape index (κ1) is 22.5. The Labute approximate surface area is 193 Å². The molecule has 1 aliphatic rings. The minimum atomic E-state index is -0.198. The maximum atomic E-state index is 12.6. The molecule has 1 fully saturated rings. The van der Waals surface area contributed by atoms with Gasteiger partial charge in [0.05, 0.1) is 0 Å². The number of carbonyl (C=O) groups excluding carboxylic acids is 2. The number of likely N-dealkylation sites (N-methyl/N-ethyl adjacent to an activating group) is 1. The SMILES string of the molecule is Cc1ccc(NC(=O)N(C)CCc2noc(-c3ccc(C(=O)N4CCCCC4)cc3)n2)cc1. The standard InChI is InChI=1S/C25H29N5O3/c1-18-6-12-21(13-7-18)26-25(32)29(2)17-14-22-27-23(33-28-22)19-8-10-20(11-9-19)24(31)30-15-4-3-5-16-30/h6-13H,3-5,14-17H2,1-2H3,(H,26,32). The number of aromatic nitrogens is 2. The van der Waals surface area contributed by atoms with Crippen LogP contribution in [0.1, 0.15) is 41.0 Å². The summed E-state index contributed by atoms with van der Waals surface area (Å²) >= 11 is 0. The minimum Gasteiger partial charge on any atom is -0.339 e. The molecule has 172 valence electrons. The smallest absolute Gasteiger partial charge is 0.321 e. The summed E-state index contributed by atoms with van der Waals surface area (Å²) in [5, 5.41) is 6.89. The number of anilines is 1. The average Bonchev–Trinajstić information content (AvgIpc) is 3.33. The molecule has 1 aliphatic heterocycles. The van der Waals surface area contributed by atoms with E-state index in [0.717, 1.165) is 42.7 Å². The van der Waals surface area contributed by atoms with Crippen molar-refractivity contribution in [2.24, 2.45) is 0 Å². The molecule has 8 heteroatoms. The van der Waals surface area contributed by atoms with Gasteiger partial charge < -0.3 is 19.6 Å². The zero-order valence-corrected chi connectivity index (χ0v) is 19.1. The summed E-state index contributed by atoms with van der Waals surface area (Å²) in [4.78, 5) is 32.9. The van der Waals surface area contributed by atoms with E-state index in [4.69, 9.17) is 4.52 Å². The number of nitrogens with zero attached hydrogens (tertiary/aromatic N) is 4. The molecular formula is C25H29N5O3. The minimum absolute atomic E-state index is 0.0689. The van der Waals surface area contributed by atoms with Crippen LogP contribution in [-0.2, 0) is 6.42 Å². The number of likely N-dealkylation sites (tertiary alicyclic amines) is 1. The van der Waals surface area contributed by atoms with E-state index in [0.29, 0.717) is 30.2 Å². The van der Waals surface area contributed by atoms with Gasteiger partial charge in [-0.15, -0.1) is 0 Å². The van der Waals surface area contributed by atoms with Gasteiger partial charge in [-0.05, 0) is 62.6 Å². The number of piperidine rings is 1. The third-order valence-corrected chi connectivity index (χ3v) is 5.81. The predicted octanol–water partition coefficient (Wildman–Crippen LogP) is 4.38. The molecule has 33 heavy (non-hydrogen) atoms. The maximum absolute atomic E-state index is 12.6. The van der Waals surface area contributed by atoms with Crippen molar-refractivity contribution in [3.63, 3.8) is 0 Å². The first-order valence-corrected chi connectivity index (χ1v) is 11.3. The van der Waals surface area contributed by atoms with Crippen LogP contribution in [0.4, 0.5) is 10.5 Å². The van der Waals surface area contributed by atoms with Crippen molar-refractivity contribution in [2.75, 3.05) is 32.0 Å². The summed E-state index contributed by atoms with van der Waals surface area (Å²) in [6, 6.07) is 14.7. The van der Waals surface area contributed by atoms with E-state index >= 15 is 0 Å². The van der Waals surface area contributed by atoms with Gasteiger partial charge in [-0.25, -0.2) is 4.79 Å². The molecule has 0 atom stereocenters. The van der Waals surface area contributed by atoms with Gasteiger partial charge in [0.1, 0.15) is 0 Å². The third-order valence-electron chi connectivity index (χ3n) is 5.81. The molecule has 2 heterocycles. The number of hydrogen-bond acceptors (Lipinski definition) is 5. The van der Waals surface area contributed by atoms with Crippen molar-refractivity contribution >= 4 is 17.6 Å². The molecule has 8 nitrogen and oxygen atoms in total. The average molecular weight is 448 g/mol. The van der Waals surface area contributed by atoms with Gasteiger partial charge in [0, 0.05) is 49.9 Å². The Kier molecular flexibility index (Phi) is 7.02. The van der Waals surface area contributed by atoms with E-state index in [9.17, 15) is 9.59 Å². The Morgan fingerprint density at radius 2 is 1.73 bits per heavy atom. The Hall–Kier alpha value is -3.68. The quantitative estimate of drug-likeness (QED) is 0.606. The second-order valence-electron chi connectivity index (χ2n) is 8.41. The molecule has 0 unspecified atom stereocenters. The molecule has 0 aliphatic carbocycles. The second-order valence-corrected chi connectivity index (χ2v) is 8.41. The van der Waals surface area contributed by atoms with Gasteiger partial charge in [0.25, 0.3) is 11.8 Å². The largest absolute Gasteiger partial charge is 0.339 e. The van der Waals surface area contributed by atoms with Crippen LogP contribution in [0.25, 0.3) is 11.5 Å². The molecule has 3 aromatic rings. The first-order chi connectivity index (χ1) is 16.0. The number of hydrogen-bond donors (Lipinski definition) is 1. The fraction of sp³-hybridized carbons (Fsp3) is 0.360. The van der Waals surface area contributed by atoms with Gasteiger partial charge in [0.15, 0.2) is 5.82 Å². The van der Waals surface area contributed by atoms with Crippen molar-refractivity contribution in [2.45, 2.75) is 32.6 Å². The highest BCUT2D eigenvalue weighted by Gasteiger charge is 2.19. The number of nitrogens with one attached hydrogen (secondary N) is 1. The van der Waals surface area contributed by atoms with E-state index in [-0.39, 0.29) is 11.9 Å². The number of carbonyl (C=O) groups is 2. The van der Waals surface area contributed by atoms with Gasteiger partial charge in [-0.2, -0.15) is 4.98 Å². The van der Waals surface area contributed by atoms with Crippen molar-refractivity contribution in [3.05, 3.63) is 65.5 Å². The van der Waals surface area contributed by atoms with Crippen LogP contribution in [0.2, 0.25) is 0 Å². The number of urea groups is 1. The van der Waals surface area contributed by atoms with Crippen molar-refractivity contribution in [3.8, 4) is 11.5 Å². The van der Waals surface area contributed by atoms with Crippen LogP contribution in [0.15, 0.2) is 53.1 Å². The fourth-order valence-corrected chi connectivity index (χ4v) is 3.73. The van der Waals surface area contributed by atoms with E-state index in [1.165, 1.54) is 6.42 Å². The Bertz CT molecular complexity index is 1090. The summed E-state index contributed by atoms with van der Waals surface area (Å²) < 4.78 is 5.39. The summed E-state index contributed by atoms with van der Waals surface area (Å²) in [5.41, 5.74) is 3.31. The van der Waals surface area contributed by atoms with Crippen LogP contribution in [0.3, 0.4) is 0 Å². The van der Waals surface area contributed by atoms with Crippen molar-refractivity contribution in [1.82, 2.24) is 19.9 Å². The molecule has 0 bridgehead atoms. The van der Waals surface area contributed by atoms with Crippen LogP contribution in [0, 0.1) is 6.92 Å². The molecule has 0 spiro atoms. The van der Waals surface area contributed by atoms with Crippen molar-refractivity contribution in [1.29, 1.82) is 0 Å². The van der Waals surface area contributed by atoms with Crippen molar-refractivity contribution < 1.29 is 14.1 Å². The van der Waals surface area contributed by atoms with Crippen LogP contribution >= 0.6 is 0 Å². The molecule has 4 rings (SSSR count). The number of aryl methyl sites for hydroxylation is 1. The summed E-state index contributed by atoms with van der Waals surface area (Å²) in [5.74, 6) is 0.988. The van der Waals surface area contributed by atoms with Gasteiger partial charge in [0.2, 0.25) is 0 Å². The zero-order chi connectivity index (χ0) is 23.2. The van der Waals surface area contributed by atoms with Gasteiger partial charge >= 0.3 is 6.03 Å². The van der Waals surface area contributed by atoms with Crippen LogP contribution in [-0.4, -0.2) is 58.6 Å². The Morgan fingerprint density at radius 3 is 2.42 bits per heavy atom. The van der Waals surface area contributed by atoms with Crippen LogP contribution in [0.5, 0.6) is 0 Å². The van der Waals surface area contributed by atoms with Gasteiger partial charge in [-0.3, -0.25) is 4.79 Å². The van der Waals surface area contributed by atoms with E-state index in [2.05, 4.69) is 15.5 Å². The highest BCUT2D eigenvalue weighted by atomic mass is 16.5. The van der Waals surface area contributed by atoms with Gasteiger partial charge in [-0.1, -0.05) is 22.9 Å². The molecular weight excluding hydrogens is 418 g/mol. The molecule has 1 aromatic heterocycles.